The highest BCUT2D eigenvalue weighted by Crippen LogP contribution is 2.31. The van der Waals surface area contributed by atoms with Gasteiger partial charge < -0.3 is 9.73 Å². The number of carbonyl (C=O) groups excluding carboxylic acids is 1. The van der Waals surface area contributed by atoms with Crippen LogP contribution in [0.3, 0.4) is 0 Å². The minimum atomic E-state index is -0.290. The van der Waals surface area contributed by atoms with Gasteiger partial charge in [0.15, 0.2) is 11.5 Å². The average Bonchev–Trinajstić information content (AvgIpc) is 3.47. The third-order valence-corrected chi connectivity index (χ3v) is 5.60. The van der Waals surface area contributed by atoms with E-state index in [9.17, 15) is 4.79 Å². The molecule has 0 atom stereocenters. The predicted molar refractivity (Wildman–Crippen MR) is 114 cm³/mol. The quantitative estimate of drug-likeness (QED) is 0.417. The smallest absolute Gasteiger partial charge is 0.276 e. The summed E-state index contributed by atoms with van der Waals surface area (Å²) in [5.41, 5.74) is 4.88. The van der Waals surface area contributed by atoms with E-state index in [-0.39, 0.29) is 5.91 Å². The van der Waals surface area contributed by atoms with Gasteiger partial charge in [0.2, 0.25) is 0 Å². The van der Waals surface area contributed by atoms with E-state index in [4.69, 9.17) is 9.40 Å². The number of nitrogens with zero attached hydrogens (tertiary/aromatic N) is 2. The van der Waals surface area contributed by atoms with Crippen molar-refractivity contribution in [2.45, 2.75) is 6.92 Å². The van der Waals surface area contributed by atoms with Crippen LogP contribution in [0.4, 0.5) is 5.69 Å². The van der Waals surface area contributed by atoms with Crippen LogP contribution in [0.1, 0.15) is 16.1 Å². The Bertz CT molecular complexity index is 1300. The number of aryl methyl sites for hydroxylation is 1. The molecular formula is C22H16N4O2S. The Morgan fingerprint density at radius 1 is 1.10 bits per heavy atom. The van der Waals surface area contributed by atoms with Gasteiger partial charge in [-0.2, -0.15) is 5.10 Å². The number of fused-ring (bicyclic) bond motifs is 1. The number of furan rings is 1. The normalized spacial score (nSPS) is 11.1. The van der Waals surface area contributed by atoms with E-state index in [0.717, 1.165) is 16.1 Å². The Kier molecular flexibility index (Phi) is 4.22. The van der Waals surface area contributed by atoms with Gasteiger partial charge in [-0.3, -0.25) is 9.89 Å². The van der Waals surface area contributed by atoms with Crippen molar-refractivity contribution in [3.8, 4) is 22.0 Å². The van der Waals surface area contributed by atoms with Crippen molar-refractivity contribution >= 4 is 33.1 Å². The number of rotatable bonds is 4. The van der Waals surface area contributed by atoms with Crippen LogP contribution in [0.25, 0.3) is 32.2 Å². The van der Waals surface area contributed by atoms with Gasteiger partial charge in [0.05, 0.1) is 16.5 Å². The Morgan fingerprint density at radius 2 is 1.97 bits per heavy atom. The molecule has 29 heavy (non-hydrogen) atoms. The van der Waals surface area contributed by atoms with Gasteiger partial charge in [-0.25, -0.2) is 4.98 Å². The molecule has 0 fully saturated rings. The summed E-state index contributed by atoms with van der Waals surface area (Å²) in [6.07, 6.45) is 1.57. The molecule has 6 nitrogen and oxygen atoms in total. The zero-order chi connectivity index (χ0) is 19.8. The summed E-state index contributed by atoms with van der Waals surface area (Å²) < 4.78 is 6.48. The maximum Gasteiger partial charge on any atom is 0.276 e. The molecule has 0 aliphatic rings. The molecule has 5 aromatic rings. The first-order chi connectivity index (χ1) is 14.2. The van der Waals surface area contributed by atoms with Gasteiger partial charge in [0, 0.05) is 17.3 Å². The zero-order valence-corrected chi connectivity index (χ0v) is 16.3. The Labute approximate surface area is 170 Å². The number of carbonyl (C=O) groups is 1. The molecule has 0 saturated carbocycles. The monoisotopic (exact) mass is 400 g/mol. The molecule has 0 saturated heterocycles. The highest BCUT2D eigenvalue weighted by molar-refractivity contribution is 7.21. The van der Waals surface area contributed by atoms with Crippen LogP contribution in [0, 0.1) is 6.92 Å². The van der Waals surface area contributed by atoms with Crippen LogP contribution in [0.5, 0.6) is 0 Å². The summed E-state index contributed by atoms with van der Waals surface area (Å²) in [6, 6.07) is 19.1. The molecule has 3 heterocycles. The van der Waals surface area contributed by atoms with Crippen molar-refractivity contribution < 1.29 is 9.21 Å². The first-order valence-corrected chi connectivity index (χ1v) is 9.86. The van der Waals surface area contributed by atoms with Crippen molar-refractivity contribution in [2.24, 2.45) is 0 Å². The summed E-state index contributed by atoms with van der Waals surface area (Å²) in [6.45, 7) is 2.08. The van der Waals surface area contributed by atoms with Gasteiger partial charge >= 0.3 is 0 Å². The van der Waals surface area contributed by atoms with Crippen LogP contribution in [0.2, 0.25) is 0 Å². The number of aromatic amines is 1. The molecule has 0 radical (unpaired) electrons. The van der Waals surface area contributed by atoms with Crippen molar-refractivity contribution in [1.82, 2.24) is 15.2 Å². The first-order valence-electron chi connectivity index (χ1n) is 9.04. The molecule has 3 aromatic heterocycles. The van der Waals surface area contributed by atoms with Crippen molar-refractivity contribution in [3.63, 3.8) is 0 Å². The number of anilines is 1. The minimum absolute atomic E-state index is 0.290. The van der Waals surface area contributed by atoms with Crippen LogP contribution < -0.4 is 5.32 Å². The second-order valence-electron chi connectivity index (χ2n) is 6.67. The van der Waals surface area contributed by atoms with Crippen LogP contribution in [-0.2, 0) is 0 Å². The molecule has 0 aliphatic carbocycles. The number of aromatic nitrogens is 3. The molecule has 0 bridgehead atoms. The molecule has 0 aliphatic heterocycles. The second-order valence-corrected chi connectivity index (χ2v) is 7.70. The fourth-order valence-electron chi connectivity index (χ4n) is 3.04. The lowest BCUT2D eigenvalue weighted by Crippen LogP contribution is -2.12. The lowest BCUT2D eigenvalue weighted by atomic mass is 10.2. The summed E-state index contributed by atoms with van der Waals surface area (Å²) in [4.78, 5) is 17.2. The van der Waals surface area contributed by atoms with E-state index in [1.165, 1.54) is 10.3 Å². The number of benzene rings is 2. The van der Waals surface area contributed by atoms with Crippen molar-refractivity contribution in [2.75, 3.05) is 5.32 Å². The fraction of sp³-hybridized carbons (Fsp3) is 0.0455. The summed E-state index contributed by atoms with van der Waals surface area (Å²) >= 11 is 1.66. The van der Waals surface area contributed by atoms with E-state index < -0.39 is 0 Å². The van der Waals surface area contributed by atoms with Gasteiger partial charge in [0.1, 0.15) is 10.7 Å². The van der Waals surface area contributed by atoms with E-state index in [1.54, 1.807) is 35.8 Å². The van der Waals surface area contributed by atoms with E-state index >= 15 is 0 Å². The molecule has 2 N–H and O–H groups in total. The minimum Gasteiger partial charge on any atom is -0.463 e. The molecule has 2 aromatic carbocycles. The molecule has 5 rings (SSSR count). The third-order valence-electron chi connectivity index (χ3n) is 4.53. The first kappa shape index (κ1) is 17.4. The standard InChI is InChI=1S/C22H16N4O2S/c1-13-4-9-16-20(11-13)29-22(24-16)14-5-7-15(8-6-14)23-21(27)18-12-17(25-26-18)19-3-2-10-28-19/h2-12H,1H3,(H,23,27)(H,25,26). The number of H-pyrrole nitrogens is 1. The largest absolute Gasteiger partial charge is 0.463 e. The van der Waals surface area contributed by atoms with Crippen molar-refractivity contribution in [3.05, 3.63) is 78.2 Å². The fourth-order valence-corrected chi connectivity index (χ4v) is 4.11. The second kappa shape index (κ2) is 7.03. The Morgan fingerprint density at radius 3 is 2.76 bits per heavy atom. The van der Waals surface area contributed by atoms with E-state index in [1.807, 2.05) is 30.3 Å². The SMILES string of the molecule is Cc1ccc2nc(-c3ccc(NC(=O)c4cc(-c5ccco5)[nH]n4)cc3)sc2c1. The van der Waals surface area contributed by atoms with E-state index in [0.29, 0.717) is 22.8 Å². The van der Waals surface area contributed by atoms with Gasteiger partial charge in [-0.15, -0.1) is 11.3 Å². The molecule has 1 amide bonds. The molecule has 0 spiro atoms. The Balaban J connectivity index is 1.33. The lowest BCUT2D eigenvalue weighted by Gasteiger charge is -2.03. The molecule has 142 valence electrons. The highest BCUT2D eigenvalue weighted by atomic mass is 32.1. The summed E-state index contributed by atoms with van der Waals surface area (Å²) in [5.74, 6) is 0.342. The maximum atomic E-state index is 12.5. The number of amides is 1. The average molecular weight is 400 g/mol. The third kappa shape index (κ3) is 3.43. The van der Waals surface area contributed by atoms with Gasteiger partial charge in [-0.05, 0) is 61.0 Å². The summed E-state index contributed by atoms with van der Waals surface area (Å²) in [7, 11) is 0. The van der Waals surface area contributed by atoms with Crippen LogP contribution in [-0.4, -0.2) is 21.1 Å². The number of nitrogens with one attached hydrogen (secondary N) is 2. The maximum absolute atomic E-state index is 12.5. The Hall–Kier alpha value is -3.71. The van der Waals surface area contributed by atoms with Crippen molar-refractivity contribution in [1.29, 1.82) is 0 Å². The van der Waals surface area contributed by atoms with E-state index in [2.05, 4.69) is 34.6 Å². The molecule has 7 heteroatoms. The number of hydrogen-bond acceptors (Lipinski definition) is 5. The van der Waals surface area contributed by atoms with Gasteiger partial charge in [0.25, 0.3) is 5.91 Å². The predicted octanol–water partition coefficient (Wildman–Crippen LogP) is 5.51. The molecular weight excluding hydrogens is 384 g/mol. The van der Waals surface area contributed by atoms with Crippen LogP contribution >= 0.6 is 11.3 Å². The summed E-state index contributed by atoms with van der Waals surface area (Å²) in [5, 5.41) is 10.7. The molecule has 0 unspecified atom stereocenters. The zero-order valence-electron chi connectivity index (χ0n) is 15.5. The van der Waals surface area contributed by atoms with Crippen LogP contribution in [0.15, 0.2) is 71.3 Å². The topological polar surface area (TPSA) is 83.8 Å². The number of thiazole rings is 1. The lowest BCUT2D eigenvalue weighted by molar-refractivity contribution is 0.102. The number of hydrogen-bond donors (Lipinski definition) is 2. The van der Waals surface area contributed by atoms with Gasteiger partial charge in [-0.1, -0.05) is 6.07 Å². The highest BCUT2D eigenvalue weighted by Gasteiger charge is 2.13.